The van der Waals surface area contributed by atoms with Gasteiger partial charge in [-0.15, -0.1) is 10.2 Å². The number of hydrogen-bond acceptors (Lipinski definition) is 5. The molecular formula is C18H24N4O2. The SMILES string of the molecule is CCNc1ccc(-c2cccc(C(=O)NCC(C)CCO)c2)nn1. The topological polar surface area (TPSA) is 87.1 Å². The molecule has 0 aliphatic carbocycles. The lowest BCUT2D eigenvalue weighted by atomic mass is 10.1. The fourth-order valence-corrected chi connectivity index (χ4v) is 2.27. The molecule has 1 heterocycles. The van der Waals surface area contributed by atoms with Gasteiger partial charge in [0.05, 0.1) is 5.69 Å². The molecule has 0 bridgehead atoms. The van der Waals surface area contributed by atoms with E-state index in [2.05, 4.69) is 20.8 Å². The molecule has 0 fully saturated rings. The van der Waals surface area contributed by atoms with Crippen molar-refractivity contribution in [3.05, 3.63) is 42.0 Å². The van der Waals surface area contributed by atoms with E-state index in [1.807, 2.05) is 44.2 Å². The minimum absolute atomic E-state index is 0.126. The van der Waals surface area contributed by atoms with Gasteiger partial charge in [-0.2, -0.15) is 0 Å². The van der Waals surface area contributed by atoms with Crippen molar-refractivity contribution in [2.75, 3.05) is 25.0 Å². The van der Waals surface area contributed by atoms with Crippen molar-refractivity contribution in [3.8, 4) is 11.3 Å². The van der Waals surface area contributed by atoms with Gasteiger partial charge >= 0.3 is 0 Å². The first-order valence-corrected chi connectivity index (χ1v) is 8.21. The number of aliphatic hydroxyl groups is 1. The lowest BCUT2D eigenvalue weighted by Gasteiger charge is -2.11. The van der Waals surface area contributed by atoms with Crippen molar-refractivity contribution in [1.29, 1.82) is 0 Å². The Morgan fingerprint density at radius 2 is 2.08 bits per heavy atom. The molecule has 0 saturated carbocycles. The Labute approximate surface area is 142 Å². The predicted molar refractivity (Wildman–Crippen MR) is 94.8 cm³/mol. The van der Waals surface area contributed by atoms with Crippen LogP contribution in [0.5, 0.6) is 0 Å². The van der Waals surface area contributed by atoms with Crippen LogP contribution in [0.3, 0.4) is 0 Å². The highest BCUT2D eigenvalue weighted by molar-refractivity contribution is 5.95. The van der Waals surface area contributed by atoms with Crippen molar-refractivity contribution < 1.29 is 9.90 Å². The van der Waals surface area contributed by atoms with Crippen LogP contribution in [-0.2, 0) is 0 Å². The number of amides is 1. The number of carbonyl (C=O) groups is 1. The van der Waals surface area contributed by atoms with Crippen molar-refractivity contribution in [1.82, 2.24) is 15.5 Å². The smallest absolute Gasteiger partial charge is 0.251 e. The lowest BCUT2D eigenvalue weighted by molar-refractivity contribution is 0.0945. The summed E-state index contributed by atoms with van der Waals surface area (Å²) in [5, 5.41) is 23.2. The average molecular weight is 328 g/mol. The van der Waals surface area contributed by atoms with Crippen LogP contribution < -0.4 is 10.6 Å². The van der Waals surface area contributed by atoms with Gasteiger partial charge in [0.15, 0.2) is 0 Å². The number of aromatic nitrogens is 2. The minimum Gasteiger partial charge on any atom is -0.396 e. The Bertz CT molecular complexity index is 658. The standard InChI is InChI=1S/C18H24N4O2/c1-3-19-17-8-7-16(21-22-17)14-5-4-6-15(11-14)18(24)20-12-13(2)9-10-23/h4-8,11,13,23H,3,9-10,12H2,1-2H3,(H,19,22)(H,20,24). The van der Waals surface area contributed by atoms with Crippen LogP contribution >= 0.6 is 0 Å². The maximum atomic E-state index is 12.3. The number of aliphatic hydroxyl groups excluding tert-OH is 1. The molecule has 2 rings (SSSR count). The molecular weight excluding hydrogens is 304 g/mol. The van der Waals surface area contributed by atoms with E-state index in [1.54, 1.807) is 6.07 Å². The summed E-state index contributed by atoms with van der Waals surface area (Å²) >= 11 is 0. The Kier molecular flexibility index (Phi) is 6.69. The summed E-state index contributed by atoms with van der Waals surface area (Å²) < 4.78 is 0. The first-order valence-electron chi connectivity index (χ1n) is 8.21. The molecule has 1 aromatic carbocycles. The summed E-state index contributed by atoms with van der Waals surface area (Å²) in [7, 11) is 0. The largest absolute Gasteiger partial charge is 0.396 e. The highest BCUT2D eigenvalue weighted by Gasteiger charge is 2.09. The van der Waals surface area contributed by atoms with E-state index in [0.29, 0.717) is 18.5 Å². The van der Waals surface area contributed by atoms with E-state index < -0.39 is 0 Å². The second-order valence-corrected chi connectivity index (χ2v) is 5.74. The van der Waals surface area contributed by atoms with Crippen LogP contribution in [0, 0.1) is 5.92 Å². The summed E-state index contributed by atoms with van der Waals surface area (Å²) in [5.41, 5.74) is 2.16. The van der Waals surface area contributed by atoms with E-state index in [4.69, 9.17) is 5.11 Å². The van der Waals surface area contributed by atoms with Gasteiger partial charge in [0.25, 0.3) is 5.91 Å². The monoisotopic (exact) mass is 328 g/mol. The molecule has 6 nitrogen and oxygen atoms in total. The molecule has 1 atom stereocenters. The zero-order valence-electron chi connectivity index (χ0n) is 14.1. The number of benzene rings is 1. The van der Waals surface area contributed by atoms with Crippen LogP contribution in [0.15, 0.2) is 36.4 Å². The van der Waals surface area contributed by atoms with Gasteiger partial charge in [0.2, 0.25) is 0 Å². The van der Waals surface area contributed by atoms with Crippen LogP contribution in [0.1, 0.15) is 30.6 Å². The van der Waals surface area contributed by atoms with Crippen LogP contribution in [0.25, 0.3) is 11.3 Å². The fraction of sp³-hybridized carbons (Fsp3) is 0.389. The minimum atomic E-state index is -0.126. The maximum Gasteiger partial charge on any atom is 0.251 e. The molecule has 0 radical (unpaired) electrons. The number of rotatable bonds is 8. The number of carbonyl (C=O) groups excluding carboxylic acids is 1. The molecule has 24 heavy (non-hydrogen) atoms. The third-order valence-electron chi connectivity index (χ3n) is 3.68. The van der Waals surface area contributed by atoms with Gasteiger partial charge in [-0.05, 0) is 43.5 Å². The van der Waals surface area contributed by atoms with Crippen LogP contribution in [0.2, 0.25) is 0 Å². The Hall–Kier alpha value is -2.47. The summed E-state index contributed by atoms with van der Waals surface area (Å²) in [6.07, 6.45) is 0.675. The summed E-state index contributed by atoms with van der Waals surface area (Å²) in [4.78, 5) is 12.3. The molecule has 0 aliphatic heterocycles. The van der Waals surface area contributed by atoms with Gasteiger partial charge in [0, 0.05) is 30.8 Å². The van der Waals surface area contributed by atoms with Crippen molar-refractivity contribution >= 4 is 11.7 Å². The summed E-state index contributed by atoms with van der Waals surface area (Å²) in [6, 6.07) is 11.1. The zero-order chi connectivity index (χ0) is 17.4. The highest BCUT2D eigenvalue weighted by Crippen LogP contribution is 2.18. The van der Waals surface area contributed by atoms with Crippen LogP contribution in [0.4, 0.5) is 5.82 Å². The molecule has 128 valence electrons. The second-order valence-electron chi connectivity index (χ2n) is 5.74. The summed E-state index contributed by atoms with van der Waals surface area (Å²) in [5.74, 6) is 0.846. The third kappa shape index (κ3) is 5.03. The molecule has 0 aliphatic rings. The molecule has 1 aromatic heterocycles. The summed E-state index contributed by atoms with van der Waals surface area (Å²) in [6.45, 7) is 5.46. The molecule has 1 amide bonds. The van der Waals surface area contributed by atoms with E-state index in [-0.39, 0.29) is 18.4 Å². The van der Waals surface area contributed by atoms with E-state index in [1.165, 1.54) is 0 Å². The Balaban J connectivity index is 2.06. The lowest BCUT2D eigenvalue weighted by Crippen LogP contribution is -2.28. The van der Waals surface area contributed by atoms with Gasteiger partial charge < -0.3 is 15.7 Å². The normalized spacial score (nSPS) is 11.8. The number of nitrogens with zero attached hydrogens (tertiary/aromatic N) is 2. The van der Waals surface area contributed by atoms with E-state index >= 15 is 0 Å². The second kappa shape index (κ2) is 8.98. The van der Waals surface area contributed by atoms with Crippen LogP contribution in [-0.4, -0.2) is 40.9 Å². The van der Waals surface area contributed by atoms with Crippen molar-refractivity contribution in [2.45, 2.75) is 20.3 Å². The first-order chi connectivity index (χ1) is 11.6. The fourth-order valence-electron chi connectivity index (χ4n) is 2.27. The van der Waals surface area contributed by atoms with Gasteiger partial charge in [0.1, 0.15) is 5.82 Å². The van der Waals surface area contributed by atoms with E-state index in [9.17, 15) is 4.79 Å². The Morgan fingerprint density at radius 1 is 1.25 bits per heavy atom. The van der Waals surface area contributed by atoms with Gasteiger partial charge in [-0.3, -0.25) is 4.79 Å². The quantitative estimate of drug-likeness (QED) is 0.692. The number of nitrogens with one attached hydrogen (secondary N) is 2. The molecule has 0 spiro atoms. The number of anilines is 1. The highest BCUT2D eigenvalue weighted by atomic mass is 16.3. The number of hydrogen-bond donors (Lipinski definition) is 3. The molecule has 2 aromatic rings. The van der Waals surface area contributed by atoms with Crippen molar-refractivity contribution in [3.63, 3.8) is 0 Å². The van der Waals surface area contributed by atoms with Crippen molar-refractivity contribution in [2.24, 2.45) is 5.92 Å². The van der Waals surface area contributed by atoms with Gasteiger partial charge in [-0.1, -0.05) is 19.1 Å². The first kappa shape index (κ1) is 17.9. The average Bonchev–Trinajstić information content (AvgIpc) is 2.61. The molecule has 6 heteroatoms. The third-order valence-corrected chi connectivity index (χ3v) is 3.68. The molecule has 1 unspecified atom stereocenters. The Morgan fingerprint density at radius 3 is 2.75 bits per heavy atom. The predicted octanol–water partition coefficient (Wildman–Crippen LogP) is 2.32. The maximum absolute atomic E-state index is 12.3. The molecule has 0 saturated heterocycles. The van der Waals surface area contributed by atoms with Gasteiger partial charge in [-0.25, -0.2) is 0 Å². The zero-order valence-corrected chi connectivity index (χ0v) is 14.1. The van der Waals surface area contributed by atoms with E-state index in [0.717, 1.165) is 23.6 Å². The molecule has 3 N–H and O–H groups in total.